The van der Waals surface area contributed by atoms with Gasteiger partial charge in [0, 0.05) is 32.7 Å². The van der Waals surface area contributed by atoms with Gasteiger partial charge in [-0.05, 0) is 19.5 Å². The number of hydrogen-bond donors (Lipinski definition) is 0. The molecular formula is C12H6O4Y-2. The Balaban J connectivity index is 0.00000144. The van der Waals surface area contributed by atoms with E-state index in [2.05, 4.69) is 0 Å². The fourth-order valence-electron chi connectivity index (χ4n) is 1.76. The molecule has 0 unspecified atom stereocenters. The van der Waals surface area contributed by atoms with Gasteiger partial charge in [-0.2, -0.15) is 0 Å². The Morgan fingerprint density at radius 2 is 1.29 bits per heavy atom. The molecule has 0 heterocycles. The Morgan fingerprint density at radius 3 is 1.59 bits per heavy atom. The van der Waals surface area contributed by atoms with Crippen LogP contribution in [-0.4, -0.2) is 24.1 Å². The molecule has 0 saturated heterocycles. The first kappa shape index (κ1) is 14.1. The number of carbonyl (C=O) groups is 2. The van der Waals surface area contributed by atoms with Crippen molar-refractivity contribution in [3.05, 3.63) is 34.4 Å². The summed E-state index contributed by atoms with van der Waals surface area (Å²) in [6, 6.07) is 2.46. The van der Waals surface area contributed by atoms with Gasteiger partial charge in [-0.3, -0.25) is 20.7 Å². The van der Waals surface area contributed by atoms with E-state index >= 15 is 0 Å². The van der Waals surface area contributed by atoms with Crippen molar-refractivity contribution in [2.75, 3.05) is 0 Å². The Morgan fingerprint density at radius 1 is 0.941 bits per heavy atom. The molecule has 1 aromatic rings. The molecule has 1 aromatic carbocycles. The summed E-state index contributed by atoms with van der Waals surface area (Å²) < 4.78 is 0. The third-order valence-electron chi connectivity index (χ3n) is 2.70. The van der Waals surface area contributed by atoms with Gasteiger partial charge in [0.2, 0.25) is 0 Å². The smallest absolute Gasteiger partial charge is 0.159 e. The van der Waals surface area contributed by atoms with Gasteiger partial charge in [-0.15, -0.1) is 0 Å². The van der Waals surface area contributed by atoms with Crippen LogP contribution in [0.15, 0.2) is 12.1 Å². The molecule has 2 rings (SSSR count). The average molecular weight is 303 g/mol. The largest absolute Gasteiger partial charge is 0.391 e. The summed E-state index contributed by atoms with van der Waals surface area (Å²) in [4.78, 5) is 44.4. The second kappa shape index (κ2) is 5.11. The van der Waals surface area contributed by atoms with Crippen LogP contribution >= 0.6 is 0 Å². The molecule has 1 aliphatic rings. The van der Waals surface area contributed by atoms with Gasteiger partial charge in [0.05, 0.1) is 5.92 Å². The maximum Gasteiger partial charge on any atom is 0.159 e. The van der Waals surface area contributed by atoms with Gasteiger partial charge in [0.15, 0.2) is 11.6 Å². The molecule has 0 spiro atoms. The number of Topliss-reactive ketones (excluding diaryl/α,β-unsaturated/α-hetero) is 2. The zero-order chi connectivity index (χ0) is 11.9. The Bertz CT molecular complexity index is 487. The number of hydrogen-bond acceptors (Lipinski definition) is 4. The van der Waals surface area contributed by atoms with Crippen LogP contribution in [0.1, 0.15) is 38.8 Å². The summed E-state index contributed by atoms with van der Waals surface area (Å²) >= 11 is 0. The summed E-state index contributed by atoms with van der Waals surface area (Å²) in [6.45, 7) is 1.50. The maximum atomic E-state index is 11.6. The van der Waals surface area contributed by atoms with Crippen molar-refractivity contribution in [3.63, 3.8) is 0 Å². The van der Waals surface area contributed by atoms with E-state index in [0.717, 1.165) is 0 Å². The van der Waals surface area contributed by atoms with Gasteiger partial charge < -0.3 is 9.59 Å². The minimum absolute atomic E-state index is 0. The predicted octanol–water partition coefficient (Wildman–Crippen LogP) is 0.615. The molecule has 83 valence electrons. The fraction of sp³-hybridized carbons (Fsp3) is 0.167. The molecule has 0 fully saturated rings. The van der Waals surface area contributed by atoms with Gasteiger partial charge in [-0.25, -0.2) is 12.1 Å². The average Bonchev–Trinajstić information content (AvgIpc) is 2.52. The molecular weight excluding hydrogens is 297 g/mol. The molecule has 0 aromatic heterocycles. The molecule has 0 aliphatic heterocycles. The van der Waals surface area contributed by atoms with E-state index in [-0.39, 0.29) is 66.5 Å². The summed E-state index contributed by atoms with van der Waals surface area (Å²) in [5.74, 6) is -1.39. The van der Waals surface area contributed by atoms with Crippen molar-refractivity contribution in [1.82, 2.24) is 0 Å². The van der Waals surface area contributed by atoms with Crippen LogP contribution in [0.4, 0.5) is 0 Å². The van der Waals surface area contributed by atoms with E-state index in [9.17, 15) is 19.2 Å². The molecule has 17 heavy (non-hydrogen) atoms. The molecule has 0 amide bonds. The maximum absolute atomic E-state index is 11.6. The van der Waals surface area contributed by atoms with E-state index in [1.54, 1.807) is 12.6 Å². The third-order valence-corrected chi connectivity index (χ3v) is 2.70. The van der Waals surface area contributed by atoms with Crippen molar-refractivity contribution in [1.29, 1.82) is 0 Å². The monoisotopic (exact) mass is 303 g/mol. The van der Waals surface area contributed by atoms with E-state index in [0.29, 0.717) is 0 Å². The van der Waals surface area contributed by atoms with E-state index in [4.69, 9.17) is 0 Å². The Kier molecular flexibility index (Phi) is 4.23. The van der Waals surface area contributed by atoms with E-state index < -0.39 is 5.92 Å². The van der Waals surface area contributed by atoms with Crippen LogP contribution < -0.4 is 0 Å². The summed E-state index contributed by atoms with van der Waals surface area (Å²) in [5, 5.41) is 0. The fourth-order valence-corrected chi connectivity index (χ4v) is 1.76. The zero-order valence-corrected chi connectivity index (χ0v) is 11.8. The molecule has 0 atom stereocenters. The normalized spacial score (nSPS) is 14.2. The number of carbonyl (C=O) groups excluding carboxylic acids is 4. The second-order valence-electron chi connectivity index (χ2n) is 3.60. The first-order valence-corrected chi connectivity index (χ1v) is 4.63. The van der Waals surface area contributed by atoms with Crippen molar-refractivity contribution in [3.8, 4) is 0 Å². The standard InChI is InChI=1S/C12H6O4.Y/c1-6-11(15)9-2-7(4-13)8(5-14)3-10(9)12(6)16;/h2-3,6H,1H3;/q-2;. The Hall–Kier alpha value is -0.996. The van der Waals surface area contributed by atoms with E-state index in [1.807, 2.05) is 0 Å². The topological polar surface area (TPSA) is 68.3 Å². The van der Waals surface area contributed by atoms with Crippen LogP contribution in [0.3, 0.4) is 0 Å². The van der Waals surface area contributed by atoms with Crippen LogP contribution in [0.5, 0.6) is 0 Å². The van der Waals surface area contributed by atoms with Crippen molar-refractivity contribution in [2.24, 2.45) is 5.92 Å². The third kappa shape index (κ3) is 2.07. The molecule has 1 radical (unpaired) electrons. The molecule has 5 heteroatoms. The first-order valence-electron chi connectivity index (χ1n) is 4.63. The Labute approximate surface area is 123 Å². The summed E-state index contributed by atoms with van der Waals surface area (Å²) in [5.41, 5.74) is 0.303. The van der Waals surface area contributed by atoms with Crippen molar-refractivity contribution in [2.45, 2.75) is 6.92 Å². The molecule has 0 saturated carbocycles. The van der Waals surface area contributed by atoms with Gasteiger partial charge in [0.1, 0.15) is 0 Å². The van der Waals surface area contributed by atoms with E-state index in [1.165, 1.54) is 19.1 Å². The second-order valence-corrected chi connectivity index (χ2v) is 3.60. The van der Waals surface area contributed by atoms with Gasteiger partial charge in [-0.1, -0.05) is 11.1 Å². The number of rotatable bonds is 2. The molecule has 1 aliphatic carbocycles. The summed E-state index contributed by atoms with van der Waals surface area (Å²) in [6.07, 6.45) is 3.10. The summed E-state index contributed by atoms with van der Waals surface area (Å²) in [7, 11) is 0. The van der Waals surface area contributed by atoms with Crippen molar-refractivity contribution < 1.29 is 51.9 Å². The van der Waals surface area contributed by atoms with Gasteiger partial charge in [0.25, 0.3) is 0 Å². The minimum Gasteiger partial charge on any atom is -0.391 e. The quantitative estimate of drug-likeness (QED) is 0.593. The minimum atomic E-state index is -0.739. The number of fused-ring (bicyclic) bond motifs is 1. The van der Waals surface area contributed by atoms with Gasteiger partial charge >= 0.3 is 0 Å². The van der Waals surface area contributed by atoms with Crippen LogP contribution in [0.25, 0.3) is 0 Å². The predicted molar refractivity (Wildman–Crippen MR) is 53.9 cm³/mol. The zero-order valence-electron chi connectivity index (χ0n) is 8.94. The SMILES string of the molecule is CC1C(=O)c2cc([C-]=O)c([C-]=O)cc2C1=O.[Y]. The molecule has 4 nitrogen and oxygen atoms in total. The van der Waals surface area contributed by atoms with Crippen LogP contribution in [0, 0.1) is 5.92 Å². The molecule has 0 bridgehead atoms. The molecule has 0 N–H and O–H groups in total. The van der Waals surface area contributed by atoms with Crippen molar-refractivity contribution >= 4 is 24.1 Å². The first-order chi connectivity index (χ1) is 7.60. The number of ketones is 2. The van der Waals surface area contributed by atoms with Crippen LogP contribution in [0.2, 0.25) is 0 Å². The number of benzene rings is 1. The van der Waals surface area contributed by atoms with Crippen LogP contribution in [-0.2, 0) is 42.3 Å².